The number of aliphatic hydroxyl groups is 1. The number of aliphatic hydroxyl groups excluding tert-OH is 1. The molecule has 2 rings (SSSR count). The van der Waals surface area contributed by atoms with Crippen molar-refractivity contribution in [3.05, 3.63) is 68.7 Å². The number of alkyl halides is 3. The molecule has 0 radical (unpaired) electrons. The van der Waals surface area contributed by atoms with Gasteiger partial charge in [0.15, 0.2) is 0 Å². The molecule has 0 aliphatic rings. The molecule has 0 aliphatic heterocycles. The summed E-state index contributed by atoms with van der Waals surface area (Å²) >= 11 is 8.67. The highest BCUT2D eigenvalue weighted by Gasteiger charge is 2.33. The molecule has 1 unspecified atom stereocenters. The minimum atomic E-state index is -4.48. The fraction of sp³-hybridized carbons (Fsp3) is 0.143. The molecule has 0 aromatic heterocycles. The van der Waals surface area contributed by atoms with Gasteiger partial charge in [-0.3, -0.25) is 0 Å². The Hall–Kier alpha value is -1.04. The molecule has 0 spiro atoms. The Kier molecular flexibility index (Phi) is 4.42. The van der Waals surface area contributed by atoms with Crippen LogP contribution in [-0.4, -0.2) is 5.11 Å². The van der Waals surface area contributed by atoms with Crippen molar-refractivity contribution in [3.8, 4) is 0 Å². The zero-order valence-electron chi connectivity index (χ0n) is 9.96. The van der Waals surface area contributed by atoms with Gasteiger partial charge in [0.05, 0.1) is 5.56 Å². The molecule has 0 amide bonds. The molecule has 6 heteroatoms. The first-order chi connectivity index (χ1) is 9.29. The van der Waals surface area contributed by atoms with E-state index in [4.69, 9.17) is 11.6 Å². The van der Waals surface area contributed by atoms with Gasteiger partial charge < -0.3 is 5.11 Å². The molecule has 1 nitrogen and oxygen atoms in total. The van der Waals surface area contributed by atoms with Crippen LogP contribution in [0.5, 0.6) is 0 Å². The van der Waals surface area contributed by atoms with E-state index in [1.807, 2.05) is 0 Å². The van der Waals surface area contributed by atoms with E-state index in [1.54, 1.807) is 18.2 Å². The Morgan fingerprint density at radius 1 is 1.05 bits per heavy atom. The summed E-state index contributed by atoms with van der Waals surface area (Å²) in [6.45, 7) is 0. The molecule has 2 aromatic carbocycles. The summed E-state index contributed by atoms with van der Waals surface area (Å²) in [5.41, 5.74) is -0.230. The van der Waals surface area contributed by atoms with E-state index >= 15 is 0 Å². The molecule has 0 fully saturated rings. The second kappa shape index (κ2) is 5.76. The molecule has 0 heterocycles. The van der Waals surface area contributed by atoms with E-state index in [2.05, 4.69) is 15.9 Å². The largest absolute Gasteiger partial charge is 0.417 e. The van der Waals surface area contributed by atoms with Crippen molar-refractivity contribution >= 4 is 27.5 Å². The van der Waals surface area contributed by atoms with E-state index in [9.17, 15) is 18.3 Å². The molecule has 2 aromatic rings. The first-order valence-corrected chi connectivity index (χ1v) is 6.76. The third-order valence-electron chi connectivity index (χ3n) is 2.78. The van der Waals surface area contributed by atoms with Crippen LogP contribution in [0.2, 0.25) is 5.02 Å². The van der Waals surface area contributed by atoms with Gasteiger partial charge >= 0.3 is 6.18 Å². The molecule has 106 valence electrons. The van der Waals surface area contributed by atoms with Gasteiger partial charge in [0.25, 0.3) is 0 Å². The summed E-state index contributed by atoms with van der Waals surface area (Å²) in [6.07, 6.45) is -5.65. The van der Waals surface area contributed by atoms with Crippen molar-refractivity contribution in [1.82, 2.24) is 0 Å². The quantitative estimate of drug-likeness (QED) is 0.775. The van der Waals surface area contributed by atoms with E-state index in [0.717, 1.165) is 6.07 Å². The van der Waals surface area contributed by atoms with Gasteiger partial charge in [0.2, 0.25) is 0 Å². The van der Waals surface area contributed by atoms with Crippen LogP contribution in [0.15, 0.2) is 46.9 Å². The van der Waals surface area contributed by atoms with E-state index in [-0.39, 0.29) is 10.0 Å². The van der Waals surface area contributed by atoms with Crippen molar-refractivity contribution < 1.29 is 18.3 Å². The van der Waals surface area contributed by atoms with Gasteiger partial charge in [-0.1, -0.05) is 45.7 Å². The second-order valence-electron chi connectivity index (χ2n) is 4.19. The summed E-state index contributed by atoms with van der Waals surface area (Å²) in [7, 11) is 0. The number of benzene rings is 2. The maximum atomic E-state index is 12.8. The number of halogens is 5. The minimum absolute atomic E-state index is 0.0629. The van der Waals surface area contributed by atoms with Crippen LogP contribution in [-0.2, 0) is 6.18 Å². The van der Waals surface area contributed by atoms with Crippen LogP contribution in [0, 0.1) is 0 Å². The summed E-state index contributed by atoms with van der Waals surface area (Å²) in [4.78, 5) is 0. The molecule has 1 N–H and O–H groups in total. The SMILES string of the molecule is OC(c1cccc(Cl)c1)c1ccc(Br)c(C(F)(F)F)c1. The highest BCUT2D eigenvalue weighted by atomic mass is 79.9. The van der Waals surface area contributed by atoms with E-state index in [0.29, 0.717) is 10.6 Å². The van der Waals surface area contributed by atoms with Crippen molar-refractivity contribution in [2.24, 2.45) is 0 Å². The van der Waals surface area contributed by atoms with Crippen LogP contribution in [0.25, 0.3) is 0 Å². The standard InChI is InChI=1S/C14H9BrClF3O/c15-12-5-4-9(7-11(12)14(17,18)19)13(20)8-2-1-3-10(16)6-8/h1-7,13,20H. The van der Waals surface area contributed by atoms with Gasteiger partial charge in [-0.05, 0) is 35.4 Å². The maximum absolute atomic E-state index is 12.8. The average Bonchev–Trinajstić information content (AvgIpc) is 2.37. The number of hydrogen-bond acceptors (Lipinski definition) is 1. The Morgan fingerprint density at radius 3 is 2.30 bits per heavy atom. The third kappa shape index (κ3) is 3.34. The molecule has 20 heavy (non-hydrogen) atoms. The molecule has 0 bridgehead atoms. The lowest BCUT2D eigenvalue weighted by atomic mass is 9.99. The first kappa shape index (κ1) is 15.4. The summed E-state index contributed by atoms with van der Waals surface area (Å²) in [6, 6.07) is 10.0. The first-order valence-electron chi connectivity index (χ1n) is 5.59. The van der Waals surface area contributed by atoms with Crippen molar-refractivity contribution in [2.45, 2.75) is 12.3 Å². The lowest BCUT2D eigenvalue weighted by Crippen LogP contribution is -2.08. The average molecular weight is 366 g/mol. The summed E-state index contributed by atoms with van der Waals surface area (Å²) < 4.78 is 38.4. The van der Waals surface area contributed by atoms with E-state index < -0.39 is 17.8 Å². The van der Waals surface area contributed by atoms with Crippen LogP contribution < -0.4 is 0 Å². The van der Waals surface area contributed by atoms with Gasteiger partial charge in [-0.15, -0.1) is 0 Å². The normalized spacial score (nSPS) is 13.3. The lowest BCUT2D eigenvalue weighted by molar-refractivity contribution is -0.138. The zero-order valence-corrected chi connectivity index (χ0v) is 12.3. The predicted octanol–water partition coefficient (Wildman–Crippen LogP) is 5.20. The fourth-order valence-corrected chi connectivity index (χ4v) is 2.47. The van der Waals surface area contributed by atoms with Crippen LogP contribution in [0.3, 0.4) is 0 Å². The maximum Gasteiger partial charge on any atom is 0.417 e. The third-order valence-corrected chi connectivity index (χ3v) is 3.70. The topological polar surface area (TPSA) is 20.2 Å². The Balaban J connectivity index is 2.43. The highest BCUT2D eigenvalue weighted by molar-refractivity contribution is 9.10. The molecule has 0 saturated carbocycles. The predicted molar refractivity (Wildman–Crippen MR) is 74.7 cm³/mol. The molecule has 0 aliphatic carbocycles. The van der Waals surface area contributed by atoms with Crippen LogP contribution in [0.4, 0.5) is 13.2 Å². The molecular weight excluding hydrogens is 357 g/mol. The van der Waals surface area contributed by atoms with Gasteiger partial charge in [0, 0.05) is 9.50 Å². The zero-order chi connectivity index (χ0) is 14.9. The smallest absolute Gasteiger partial charge is 0.384 e. The van der Waals surface area contributed by atoms with Crippen molar-refractivity contribution in [3.63, 3.8) is 0 Å². The second-order valence-corrected chi connectivity index (χ2v) is 5.49. The summed E-state index contributed by atoms with van der Waals surface area (Å²) in [5.74, 6) is 0. The van der Waals surface area contributed by atoms with Crippen LogP contribution in [0.1, 0.15) is 22.8 Å². The number of hydrogen-bond donors (Lipinski definition) is 1. The van der Waals surface area contributed by atoms with Crippen LogP contribution >= 0.6 is 27.5 Å². The van der Waals surface area contributed by atoms with Gasteiger partial charge in [-0.2, -0.15) is 13.2 Å². The fourth-order valence-electron chi connectivity index (χ4n) is 1.80. The highest BCUT2D eigenvalue weighted by Crippen LogP contribution is 2.37. The minimum Gasteiger partial charge on any atom is -0.384 e. The lowest BCUT2D eigenvalue weighted by Gasteiger charge is -2.15. The monoisotopic (exact) mass is 364 g/mol. The summed E-state index contributed by atoms with van der Waals surface area (Å²) in [5, 5.41) is 10.6. The van der Waals surface area contributed by atoms with E-state index in [1.165, 1.54) is 18.2 Å². The molecule has 0 saturated heterocycles. The Morgan fingerprint density at radius 2 is 1.70 bits per heavy atom. The Bertz CT molecular complexity index is 628. The molecule has 1 atom stereocenters. The number of rotatable bonds is 2. The Labute approximate surface area is 127 Å². The van der Waals surface area contributed by atoms with Crippen molar-refractivity contribution in [1.29, 1.82) is 0 Å². The van der Waals surface area contributed by atoms with Gasteiger partial charge in [-0.25, -0.2) is 0 Å². The van der Waals surface area contributed by atoms with Crippen molar-refractivity contribution in [2.75, 3.05) is 0 Å². The molecular formula is C14H9BrClF3O. The van der Waals surface area contributed by atoms with Gasteiger partial charge in [0.1, 0.15) is 6.10 Å².